The Hall–Kier alpha value is -1.14. The van der Waals surface area contributed by atoms with Crippen LogP contribution in [0.4, 0.5) is 10.3 Å². The average Bonchev–Trinajstić information content (AvgIpc) is 2.89. The van der Waals surface area contributed by atoms with Crippen molar-refractivity contribution in [3.8, 4) is 0 Å². The highest BCUT2D eigenvalue weighted by Crippen LogP contribution is 2.16. The molecule has 2 rings (SSSR count). The van der Waals surface area contributed by atoms with Gasteiger partial charge in [-0.25, -0.2) is 9.97 Å². The molecule has 4 nitrogen and oxygen atoms in total. The summed E-state index contributed by atoms with van der Waals surface area (Å²) in [6, 6.07) is 0. The Morgan fingerprint density at radius 3 is 2.00 bits per heavy atom. The zero-order valence-corrected chi connectivity index (χ0v) is 9.94. The molecule has 0 aliphatic heterocycles. The van der Waals surface area contributed by atoms with Gasteiger partial charge in [0.05, 0.1) is 6.17 Å². The van der Waals surface area contributed by atoms with E-state index in [2.05, 4.69) is 27.5 Å². The number of aromatic nitrogens is 2. The standard InChI is InChI=1S/C9H12N4S2/c1-2-7(12-8-10-3-5-14-8)13-9-11-4-6-15-9/h3-7H,2H2,1H3,(H,10,12)(H,11,13). The van der Waals surface area contributed by atoms with Gasteiger partial charge in [-0.3, -0.25) is 0 Å². The topological polar surface area (TPSA) is 49.8 Å². The quantitative estimate of drug-likeness (QED) is 0.789. The molecule has 2 N–H and O–H groups in total. The van der Waals surface area contributed by atoms with Gasteiger partial charge in [0.15, 0.2) is 10.3 Å². The Kier molecular flexibility index (Phi) is 3.52. The number of thiazole rings is 2. The van der Waals surface area contributed by atoms with Crippen LogP contribution < -0.4 is 10.6 Å². The zero-order chi connectivity index (χ0) is 10.5. The molecular weight excluding hydrogens is 228 g/mol. The second-order valence-electron chi connectivity index (χ2n) is 2.92. The van der Waals surface area contributed by atoms with E-state index in [0.717, 1.165) is 16.7 Å². The lowest BCUT2D eigenvalue weighted by molar-refractivity contribution is 0.776. The van der Waals surface area contributed by atoms with E-state index in [1.807, 2.05) is 10.8 Å². The maximum absolute atomic E-state index is 4.18. The van der Waals surface area contributed by atoms with Crippen LogP contribution >= 0.6 is 22.7 Å². The van der Waals surface area contributed by atoms with Crippen LogP contribution in [0.5, 0.6) is 0 Å². The summed E-state index contributed by atoms with van der Waals surface area (Å²) in [5.41, 5.74) is 0. The van der Waals surface area contributed by atoms with Gasteiger partial charge in [0.2, 0.25) is 0 Å². The fraction of sp³-hybridized carbons (Fsp3) is 0.333. The Morgan fingerprint density at radius 1 is 1.13 bits per heavy atom. The van der Waals surface area contributed by atoms with Crippen molar-refractivity contribution in [2.45, 2.75) is 19.5 Å². The molecule has 0 fully saturated rings. The minimum Gasteiger partial charge on any atom is -0.342 e. The molecule has 0 aromatic carbocycles. The van der Waals surface area contributed by atoms with E-state index in [4.69, 9.17) is 0 Å². The highest BCUT2D eigenvalue weighted by atomic mass is 32.1. The molecule has 0 bridgehead atoms. The molecule has 80 valence electrons. The predicted octanol–water partition coefficient (Wildman–Crippen LogP) is 2.86. The molecule has 0 unspecified atom stereocenters. The molecule has 0 spiro atoms. The monoisotopic (exact) mass is 240 g/mol. The van der Waals surface area contributed by atoms with Crippen molar-refractivity contribution in [2.24, 2.45) is 0 Å². The first kappa shape index (κ1) is 10.4. The van der Waals surface area contributed by atoms with E-state index < -0.39 is 0 Å². The normalized spacial score (nSPS) is 10.5. The molecule has 0 aliphatic carbocycles. The van der Waals surface area contributed by atoms with Crippen LogP contribution in [0, 0.1) is 0 Å². The Morgan fingerprint density at radius 2 is 1.67 bits per heavy atom. The summed E-state index contributed by atoms with van der Waals surface area (Å²) < 4.78 is 0. The number of hydrogen-bond acceptors (Lipinski definition) is 6. The van der Waals surface area contributed by atoms with Crippen LogP contribution in [0.2, 0.25) is 0 Å². The van der Waals surface area contributed by atoms with Gasteiger partial charge < -0.3 is 10.6 Å². The first-order valence-electron chi connectivity index (χ1n) is 4.70. The van der Waals surface area contributed by atoms with Crippen molar-refractivity contribution in [3.05, 3.63) is 23.2 Å². The summed E-state index contributed by atoms with van der Waals surface area (Å²) in [4.78, 5) is 8.37. The van der Waals surface area contributed by atoms with Gasteiger partial charge in [0.1, 0.15) is 0 Å². The highest BCUT2D eigenvalue weighted by Gasteiger charge is 2.07. The van der Waals surface area contributed by atoms with Crippen molar-refractivity contribution in [2.75, 3.05) is 10.6 Å². The lowest BCUT2D eigenvalue weighted by atomic mass is 10.4. The van der Waals surface area contributed by atoms with E-state index in [9.17, 15) is 0 Å². The smallest absolute Gasteiger partial charge is 0.184 e. The largest absolute Gasteiger partial charge is 0.342 e. The van der Waals surface area contributed by atoms with Gasteiger partial charge in [0.25, 0.3) is 0 Å². The number of nitrogens with zero attached hydrogens (tertiary/aromatic N) is 2. The fourth-order valence-corrected chi connectivity index (χ4v) is 2.29. The molecule has 2 heterocycles. The highest BCUT2D eigenvalue weighted by molar-refractivity contribution is 7.14. The van der Waals surface area contributed by atoms with Crippen LogP contribution in [0.3, 0.4) is 0 Å². The zero-order valence-electron chi connectivity index (χ0n) is 8.30. The van der Waals surface area contributed by atoms with Crippen LogP contribution in [0.1, 0.15) is 13.3 Å². The maximum Gasteiger partial charge on any atom is 0.184 e. The first-order chi connectivity index (χ1) is 7.38. The SMILES string of the molecule is CCC(Nc1nccs1)Nc1nccs1. The number of anilines is 2. The second kappa shape index (κ2) is 5.09. The van der Waals surface area contributed by atoms with Crippen molar-refractivity contribution in [3.63, 3.8) is 0 Å². The predicted molar refractivity (Wildman–Crippen MR) is 65.6 cm³/mol. The second-order valence-corrected chi connectivity index (χ2v) is 4.71. The van der Waals surface area contributed by atoms with Crippen molar-refractivity contribution < 1.29 is 0 Å². The van der Waals surface area contributed by atoms with Gasteiger partial charge >= 0.3 is 0 Å². The lowest BCUT2D eigenvalue weighted by Gasteiger charge is -2.16. The van der Waals surface area contributed by atoms with Crippen molar-refractivity contribution in [1.82, 2.24) is 9.97 Å². The number of hydrogen-bond donors (Lipinski definition) is 2. The van der Waals surface area contributed by atoms with E-state index in [-0.39, 0.29) is 6.17 Å². The number of rotatable bonds is 5. The Balaban J connectivity index is 1.93. The van der Waals surface area contributed by atoms with Crippen LogP contribution in [0.25, 0.3) is 0 Å². The minimum atomic E-state index is 0.183. The minimum absolute atomic E-state index is 0.183. The summed E-state index contributed by atoms with van der Waals surface area (Å²) in [6.07, 6.45) is 4.74. The molecule has 0 aliphatic rings. The third-order valence-corrected chi connectivity index (χ3v) is 3.28. The summed E-state index contributed by atoms with van der Waals surface area (Å²) in [5, 5.41) is 12.4. The van der Waals surface area contributed by atoms with Crippen LogP contribution in [-0.2, 0) is 0 Å². The molecule has 0 saturated carbocycles. The molecule has 2 aromatic heterocycles. The van der Waals surface area contributed by atoms with Gasteiger partial charge in [-0.2, -0.15) is 0 Å². The third-order valence-electron chi connectivity index (χ3n) is 1.87. The summed E-state index contributed by atoms with van der Waals surface area (Å²) in [7, 11) is 0. The van der Waals surface area contributed by atoms with Crippen LogP contribution in [-0.4, -0.2) is 16.1 Å². The fourth-order valence-electron chi connectivity index (χ4n) is 1.13. The molecule has 15 heavy (non-hydrogen) atoms. The van der Waals surface area contributed by atoms with E-state index >= 15 is 0 Å². The summed E-state index contributed by atoms with van der Waals surface area (Å²) >= 11 is 3.20. The summed E-state index contributed by atoms with van der Waals surface area (Å²) in [6.45, 7) is 2.12. The molecule has 0 saturated heterocycles. The van der Waals surface area contributed by atoms with Gasteiger partial charge in [-0.05, 0) is 6.42 Å². The lowest BCUT2D eigenvalue weighted by Crippen LogP contribution is -2.27. The van der Waals surface area contributed by atoms with Gasteiger partial charge in [-0.15, -0.1) is 22.7 Å². The molecule has 2 aromatic rings. The van der Waals surface area contributed by atoms with E-state index in [1.165, 1.54) is 0 Å². The molecular formula is C9H12N4S2. The number of nitrogens with one attached hydrogen (secondary N) is 2. The van der Waals surface area contributed by atoms with Gasteiger partial charge in [-0.1, -0.05) is 6.92 Å². The van der Waals surface area contributed by atoms with E-state index in [1.54, 1.807) is 35.1 Å². The van der Waals surface area contributed by atoms with Gasteiger partial charge in [0, 0.05) is 23.2 Å². The Labute approximate surface area is 96.4 Å². The Bertz CT molecular complexity index is 334. The molecule has 0 atom stereocenters. The van der Waals surface area contributed by atoms with Crippen LogP contribution in [0.15, 0.2) is 23.2 Å². The molecule has 6 heteroatoms. The third kappa shape index (κ3) is 2.90. The summed E-state index contributed by atoms with van der Waals surface area (Å²) in [5.74, 6) is 0. The van der Waals surface area contributed by atoms with Crippen molar-refractivity contribution in [1.29, 1.82) is 0 Å². The molecule has 0 radical (unpaired) electrons. The first-order valence-corrected chi connectivity index (χ1v) is 6.46. The average molecular weight is 240 g/mol. The molecule has 0 amide bonds. The maximum atomic E-state index is 4.18. The van der Waals surface area contributed by atoms with Crippen molar-refractivity contribution >= 4 is 32.9 Å². The van der Waals surface area contributed by atoms with E-state index in [0.29, 0.717) is 0 Å².